The lowest BCUT2D eigenvalue weighted by Gasteiger charge is -2.36. The average Bonchev–Trinajstić information content (AvgIpc) is 2.37. The Morgan fingerprint density at radius 3 is 2.95 bits per heavy atom. The smallest absolute Gasteiger partial charge is 0.305 e. The fourth-order valence-corrected chi connectivity index (χ4v) is 2.60. The van der Waals surface area contributed by atoms with Gasteiger partial charge in [0.1, 0.15) is 11.6 Å². The molecule has 6 heteroatoms. The Morgan fingerprint density at radius 2 is 2.30 bits per heavy atom. The normalized spacial score (nSPS) is 19.4. The topological polar surface area (TPSA) is 86.3 Å². The summed E-state index contributed by atoms with van der Waals surface area (Å²) in [6.45, 7) is 4.69. The number of nitrogens with zero attached hydrogens (tertiary/aromatic N) is 2. The van der Waals surface area contributed by atoms with Crippen LogP contribution in [-0.4, -0.2) is 33.6 Å². The molecule has 1 aromatic rings. The molecule has 0 radical (unpaired) electrons. The lowest BCUT2D eigenvalue weighted by molar-refractivity contribution is -0.137. The molecule has 1 aliphatic heterocycles. The van der Waals surface area contributed by atoms with Gasteiger partial charge in [0.2, 0.25) is 0 Å². The van der Waals surface area contributed by atoms with E-state index in [4.69, 9.17) is 5.11 Å². The minimum Gasteiger partial charge on any atom is -0.481 e. The Morgan fingerprint density at radius 1 is 1.55 bits per heavy atom. The second-order valence-corrected chi connectivity index (χ2v) is 5.58. The van der Waals surface area contributed by atoms with Crippen LogP contribution in [0.4, 0.5) is 5.82 Å². The number of anilines is 1. The number of nitrogens with one attached hydrogen (secondary N) is 1. The zero-order valence-electron chi connectivity index (χ0n) is 11.9. The summed E-state index contributed by atoms with van der Waals surface area (Å²) < 4.78 is 0. The van der Waals surface area contributed by atoms with Crippen LogP contribution in [0.2, 0.25) is 0 Å². The summed E-state index contributed by atoms with van der Waals surface area (Å²) in [7, 11) is 0. The highest BCUT2D eigenvalue weighted by Gasteiger charge is 2.26. The predicted molar refractivity (Wildman–Crippen MR) is 76.2 cm³/mol. The Bertz CT molecular complexity index is 539. The summed E-state index contributed by atoms with van der Waals surface area (Å²) >= 11 is 0. The zero-order valence-corrected chi connectivity index (χ0v) is 11.9. The minimum absolute atomic E-state index is 0.0736. The third-order valence-electron chi connectivity index (χ3n) is 3.62. The molecule has 2 heterocycles. The second kappa shape index (κ2) is 6.07. The van der Waals surface area contributed by atoms with Crippen molar-refractivity contribution >= 4 is 11.8 Å². The van der Waals surface area contributed by atoms with Gasteiger partial charge in [-0.25, -0.2) is 4.98 Å². The minimum atomic E-state index is -0.809. The summed E-state index contributed by atoms with van der Waals surface area (Å²) in [5.74, 6) is 0.566. The standard InChI is InChI=1S/C14H21N3O3/c1-9(2)14-15-11(8-12(18)16-14)17-6-4-3-5-10(17)7-13(19)20/h8-10H,3-7H2,1-2H3,(H,19,20)(H,15,16,18). The molecule has 0 amide bonds. The number of aromatic amines is 1. The van der Waals surface area contributed by atoms with Crippen molar-refractivity contribution in [2.75, 3.05) is 11.4 Å². The first-order chi connectivity index (χ1) is 9.47. The van der Waals surface area contributed by atoms with Crippen LogP contribution < -0.4 is 10.5 Å². The fraction of sp³-hybridized carbons (Fsp3) is 0.643. The number of carboxylic acids is 1. The lowest BCUT2D eigenvalue weighted by atomic mass is 9.99. The third-order valence-corrected chi connectivity index (χ3v) is 3.62. The molecule has 1 saturated heterocycles. The van der Waals surface area contributed by atoms with Crippen molar-refractivity contribution in [1.82, 2.24) is 9.97 Å². The number of carbonyl (C=O) groups is 1. The van der Waals surface area contributed by atoms with E-state index in [0.717, 1.165) is 25.8 Å². The second-order valence-electron chi connectivity index (χ2n) is 5.58. The lowest BCUT2D eigenvalue weighted by Crippen LogP contribution is -2.42. The van der Waals surface area contributed by atoms with Crippen molar-refractivity contribution in [3.63, 3.8) is 0 Å². The molecule has 1 unspecified atom stereocenters. The van der Waals surface area contributed by atoms with Crippen molar-refractivity contribution in [3.05, 3.63) is 22.2 Å². The van der Waals surface area contributed by atoms with Gasteiger partial charge >= 0.3 is 5.97 Å². The number of rotatable bonds is 4. The van der Waals surface area contributed by atoms with E-state index in [0.29, 0.717) is 11.6 Å². The van der Waals surface area contributed by atoms with Gasteiger partial charge in [-0.1, -0.05) is 13.8 Å². The molecule has 1 atom stereocenters. The first-order valence-electron chi connectivity index (χ1n) is 7.07. The molecular weight excluding hydrogens is 258 g/mol. The van der Waals surface area contributed by atoms with Gasteiger partial charge in [-0.15, -0.1) is 0 Å². The number of hydrogen-bond acceptors (Lipinski definition) is 4. The molecule has 6 nitrogen and oxygen atoms in total. The van der Waals surface area contributed by atoms with Crippen LogP contribution >= 0.6 is 0 Å². The summed E-state index contributed by atoms with van der Waals surface area (Å²) in [4.78, 5) is 31.9. The van der Waals surface area contributed by atoms with Gasteiger partial charge in [-0.3, -0.25) is 9.59 Å². The Labute approximate surface area is 117 Å². The van der Waals surface area contributed by atoms with E-state index in [-0.39, 0.29) is 23.9 Å². The summed E-state index contributed by atoms with van der Waals surface area (Å²) in [6, 6.07) is 1.39. The summed E-state index contributed by atoms with van der Waals surface area (Å²) in [6.07, 6.45) is 2.94. The molecule has 2 N–H and O–H groups in total. The Kier molecular flexibility index (Phi) is 4.42. The zero-order chi connectivity index (χ0) is 14.7. The number of aliphatic carboxylic acids is 1. The highest BCUT2D eigenvalue weighted by atomic mass is 16.4. The van der Waals surface area contributed by atoms with Crippen LogP contribution in [0, 0.1) is 0 Å². The molecule has 1 fully saturated rings. The number of carboxylic acid groups (broad SMARTS) is 1. The van der Waals surface area contributed by atoms with Crippen LogP contribution in [0.25, 0.3) is 0 Å². The van der Waals surface area contributed by atoms with Gasteiger partial charge < -0.3 is 15.0 Å². The molecule has 0 saturated carbocycles. The molecule has 2 rings (SSSR count). The van der Waals surface area contributed by atoms with Gasteiger partial charge in [0.15, 0.2) is 0 Å². The van der Waals surface area contributed by atoms with Crippen molar-refractivity contribution in [1.29, 1.82) is 0 Å². The molecule has 20 heavy (non-hydrogen) atoms. The van der Waals surface area contributed by atoms with Gasteiger partial charge in [0, 0.05) is 24.6 Å². The third kappa shape index (κ3) is 3.37. The molecule has 0 bridgehead atoms. The highest BCUT2D eigenvalue weighted by molar-refractivity contribution is 5.68. The van der Waals surface area contributed by atoms with Gasteiger partial charge in [-0.05, 0) is 19.3 Å². The maximum absolute atomic E-state index is 11.7. The van der Waals surface area contributed by atoms with E-state index in [1.54, 1.807) is 0 Å². The maximum atomic E-state index is 11.7. The molecule has 0 aliphatic carbocycles. The monoisotopic (exact) mass is 279 g/mol. The first kappa shape index (κ1) is 14.6. The quantitative estimate of drug-likeness (QED) is 0.876. The maximum Gasteiger partial charge on any atom is 0.305 e. The molecular formula is C14H21N3O3. The fourth-order valence-electron chi connectivity index (χ4n) is 2.60. The number of hydrogen-bond donors (Lipinski definition) is 2. The van der Waals surface area contributed by atoms with Crippen LogP contribution in [-0.2, 0) is 4.79 Å². The molecule has 0 aromatic carbocycles. The van der Waals surface area contributed by atoms with Crippen molar-refractivity contribution < 1.29 is 9.90 Å². The van der Waals surface area contributed by atoms with Gasteiger partial charge in [0.05, 0.1) is 6.42 Å². The predicted octanol–water partition coefficient (Wildman–Crippen LogP) is 1.73. The highest BCUT2D eigenvalue weighted by Crippen LogP contribution is 2.25. The molecule has 1 aliphatic rings. The van der Waals surface area contributed by atoms with E-state index in [1.807, 2.05) is 18.7 Å². The Hall–Kier alpha value is -1.85. The summed E-state index contributed by atoms with van der Waals surface area (Å²) in [5.41, 5.74) is -0.182. The average molecular weight is 279 g/mol. The van der Waals surface area contributed by atoms with E-state index < -0.39 is 5.97 Å². The number of aromatic nitrogens is 2. The van der Waals surface area contributed by atoms with Crippen LogP contribution in [0.15, 0.2) is 10.9 Å². The largest absolute Gasteiger partial charge is 0.481 e. The first-order valence-corrected chi connectivity index (χ1v) is 7.07. The van der Waals surface area contributed by atoms with E-state index in [1.165, 1.54) is 6.07 Å². The van der Waals surface area contributed by atoms with Gasteiger partial charge in [-0.2, -0.15) is 0 Å². The SMILES string of the molecule is CC(C)c1nc(N2CCCCC2CC(=O)O)cc(=O)[nH]1. The van der Waals surface area contributed by atoms with Crippen LogP contribution in [0.1, 0.15) is 51.3 Å². The van der Waals surface area contributed by atoms with E-state index in [2.05, 4.69) is 9.97 Å². The van der Waals surface area contributed by atoms with Gasteiger partial charge in [0.25, 0.3) is 5.56 Å². The van der Waals surface area contributed by atoms with Crippen molar-refractivity contribution in [3.8, 4) is 0 Å². The molecule has 0 spiro atoms. The van der Waals surface area contributed by atoms with Crippen LogP contribution in [0.3, 0.4) is 0 Å². The van der Waals surface area contributed by atoms with Crippen molar-refractivity contribution in [2.45, 2.75) is 51.5 Å². The summed E-state index contributed by atoms with van der Waals surface area (Å²) in [5, 5.41) is 9.01. The Balaban J connectivity index is 2.32. The van der Waals surface area contributed by atoms with Crippen LogP contribution in [0.5, 0.6) is 0 Å². The van der Waals surface area contributed by atoms with Crippen molar-refractivity contribution in [2.24, 2.45) is 0 Å². The number of piperidine rings is 1. The molecule has 110 valence electrons. The number of H-pyrrole nitrogens is 1. The van der Waals surface area contributed by atoms with E-state index in [9.17, 15) is 9.59 Å². The molecule has 1 aromatic heterocycles. The van der Waals surface area contributed by atoms with E-state index >= 15 is 0 Å².